The molecule has 0 bridgehead atoms. The van der Waals surface area contributed by atoms with Crippen LogP contribution >= 0.6 is 11.8 Å². The van der Waals surface area contributed by atoms with Gasteiger partial charge >= 0.3 is 12.0 Å². The third kappa shape index (κ3) is 3.73. The Kier molecular flexibility index (Phi) is 5.32. The van der Waals surface area contributed by atoms with Gasteiger partial charge in [0.1, 0.15) is 12.4 Å². The molecule has 1 aliphatic heterocycles. The van der Waals surface area contributed by atoms with E-state index in [0.717, 1.165) is 0 Å². The lowest BCUT2D eigenvalue weighted by Gasteiger charge is -2.28. The van der Waals surface area contributed by atoms with Crippen LogP contribution in [0.1, 0.15) is 18.5 Å². The molecule has 1 atom stereocenters. The van der Waals surface area contributed by atoms with Crippen molar-refractivity contribution in [1.29, 1.82) is 0 Å². The Bertz CT molecular complexity index is 615. The van der Waals surface area contributed by atoms with Gasteiger partial charge in [-0.05, 0) is 30.9 Å². The van der Waals surface area contributed by atoms with E-state index >= 15 is 0 Å². The van der Waals surface area contributed by atoms with Crippen molar-refractivity contribution in [2.45, 2.75) is 13.0 Å². The van der Waals surface area contributed by atoms with E-state index in [4.69, 9.17) is 4.74 Å². The van der Waals surface area contributed by atoms with Crippen molar-refractivity contribution >= 4 is 23.8 Å². The second-order valence-corrected chi connectivity index (χ2v) is 5.78. The summed E-state index contributed by atoms with van der Waals surface area (Å²) in [5, 5.41) is 14.9. The maximum absolute atomic E-state index is 12.3. The van der Waals surface area contributed by atoms with Gasteiger partial charge in [-0.1, -0.05) is 12.1 Å². The van der Waals surface area contributed by atoms with Gasteiger partial charge < -0.3 is 20.5 Å². The maximum Gasteiger partial charge on any atom is 0.338 e. The van der Waals surface area contributed by atoms with Crippen molar-refractivity contribution in [2.24, 2.45) is 0 Å². The number of esters is 1. The van der Waals surface area contributed by atoms with Gasteiger partial charge in [0, 0.05) is 11.4 Å². The Balaban J connectivity index is 2.30. The topological polar surface area (TPSA) is 87.7 Å². The lowest BCUT2D eigenvalue weighted by Crippen LogP contribution is -2.45. The molecule has 0 radical (unpaired) electrons. The average molecular weight is 322 g/mol. The molecule has 0 unspecified atom stereocenters. The third-order valence-electron chi connectivity index (χ3n) is 3.21. The second-order valence-electron chi connectivity index (χ2n) is 4.79. The van der Waals surface area contributed by atoms with Gasteiger partial charge in [0.2, 0.25) is 0 Å². The summed E-state index contributed by atoms with van der Waals surface area (Å²) in [5.41, 5.74) is 1.41. The van der Waals surface area contributed by atoms with E-state index in [0.29, 0.717) is 29.2 Å². The zero-order chi connectivity index (χ0) is 16.1. The quantitative estimate of drug-likeness (QED) is 0.569. The molecule has 0 saturated heterocycles. The summed E-state index contributed by atoms with van der Waals surface area (Å²) >= 11 is 1.58. The molecule has 6 nitrogen and oxygen atoms in total. The summed E-state index contributed by atoms with van der Waals surface area (Å²) in [6, 6.07) is 5.38. The van der Waals surface area contributed by atoms with E-state index in [9.17, 15) is 14.7 Å². The van der Waals surface area contributed by atoms with Gasteiger partial charge in [0.25, 0.3) is 0 Å². The van der Waals surface area contributed by atoms with Crippen molar-refractivity contribution in [3.05, 3.63) is 41.1 Å². The van der Waals surface area contributed by atoms with Crippen molar-refractivity contribution in [3.63, 3.8) is 0 Å². The number of carbonyl (C=O) groups excluding carboxylic acids is 2. The number of hydrogen-bond acceptors (Lipinski definition) is 5. The van der Waals surface area contributed by atoms with E-state index in [-0.39, 0.29) is 5.75 Å². The molecule has 0 aromatic heterocycles. The predicted octanol–water partition coefficient (Wildman–Crippen LogP) is 1.93. The van der Waals surface area contributed by atoms with Gasteiger partial charge in [0.05, 0.1) is 11.6 Å². The number of aromatic hydroxyl groups is 1. The molecular formula is C15H18N2O4S. The summed E-state index contributed by atoms with van der Waals surface area (Å²) in [4.78, 5) is 24.0. The number of allylic oxidation sites excluding steroid dienone is 1. The molecule has 3 N–H and O–H groups in total. The Morgan fingerprint density at radius 3 is 2.91 bits per heavy atom. The van der Waals surface area contributed by atoms with Crippen LogP contribution in [-0.4, -0.2) is 35.7 Å². The van der Waals surface area contributed by atoms with Crippen LogP contribution in [0.3, 0.4) is 0 Å². The van der Waals surface area contributed by atoms with Gasteiger partial charge in [-0.2, -0.15) is 11.8 Å². The molecule has 1 heterocycles. The van der Waals surface area contributed by atoms with E-state index in [1.807, 2.05) is 6.26 Å². The molecule has 118 valence electrons. The molecule has 2 rings (SSSR count). The van der Waals surface area contributed by atoms with Crippen LogP contribution in [-0.2, 0) is 9.53 Å². The van der Waals surface area contributed by atoms with Crippen molar-refractivity contribution in [2.75, 3.05) is 18.6 Å². The first-order chi connectivity index (χ1) is 10.5. The lowest BCUT2D eigenvalue weighted by molar-refractivity contribution is -0.138. The van der Waals surface area contributed by atoms with Crippen LogP contribution < -0.4 is 10.6 Å². The first-order valence-electron chi connectivity index (χ1n) is 6.76. The highest BCUT2D eigenvalue weighted by atomic mass is 32.2. The first kappa shape index (κ1) is 16.2. The molecule has 0 spiro atoms. The molecular weight excluding hydrogens is 304 g/mol. The number of thioether (sulfide) groups is 1. The smallest absolute Gasteiger partial charge is 0.338 e. The Hall–Kier alpha value is -2.15. The summed E-state index contributed by atoms with van der Waals surface area (Å²) in [6.07, 6.45) is 1.93. The molecule has 0 saturated carbocycles. The fraction of sp³-hybridized carbons (Fsp3) is 0.333. The Labute approximate surface area is 132 Å². The van der Waals surface area contributed by atoms with Crippen LogP contribution in [0.5, 0.6) is 5.75 Å². The molecule has 2 amide bonds. The minimum atomic E-state index is -0.650. The highest BCUT2D eigenvalue weighted by molar-refractivity contribution is 7.98. The number of hydrogen-bond donors (Lipinski definition) is 3. The van der Waals surface area contributed by atoms with Gasteiger partial charge in [-0.3, -0.25) is 0 Å². The number of phenolic OH excluding ortho intramolecular Hbond substituents is 1. The van der Waals surface area contributed by atoms with Crippen molar-refractivity contribution in [3.8, 4) is 5.75 Å². The third-order valence-corrected chi connectivity index (χ3v) is 3.79. The van der Waals surface area contributed by atoms with Crippen LogP contribution in [0.15, 0.2) is 35.5 Å². The molecule has 0 aliphatic carbocycles. The SMILES string of the molecule is CSCCOC(=O)C1=C(C)NC(=O)N[C@H]1c1cccc(O)c1. The molecule has 1 aliphatic rings. The zero-order valence-corrected chi connectivity index (χ0v) is 13.2. The number of nitrogens with one attached hydrogen (secondary N) is 2. The fourth-order valence-electron chi connectivity index (χ4n) is 2.21. The van der Waals surface area contributed by atoms with Gasteiger partial charge in [-0.25, -0.2) is 9.59 Å². The Morgan fingerprint density at radius 2 is 2.23 bits per heavy atom. The molecule has 7 heteroatoms. The number of benzene rings is 1. The number of ether oxygens (including phenoxy) is 1. The average Bonchev–Trinajstić information content (AvgIpc) is 2.46. The minimum absolute atomic E-state index is 0.0676. The minimum Gasteiger partial charge on any atom is -0.508 e. The van der Waals surface area contributed by atoms with Crippen LogP contribution in [0.25, 0.3) is 0 Å². The second kappa shape index (κ2) is 7.22. The van der Waals surface area contributed by atoms with E-state index in [1.54, 1.807) is 30.8 Å². The standard InChI is InChI=1S/C15H18N2O4S/c1-9-12(14(19)21-6-7-22-2)13(17-15(20)16-9)10-4-3-5-11(18)8-10/h3-5,8,13,18H,6-7H2,1-2H3,(H2,16,17,20)/t13-/m0/s1. The summed E-state index contributed by atoms with van der Waals surface area (Å²) in [5.74, 6) is 0.291. The van der Waals surface area contributed by atoms with Crippen LogP contribution in [0, 0.1) is 0 Å². The molecule has 1 aromatic rings. The van der Waals surface area contributed by atoms with Crippen LogP contribution in [0.4, 0.5) is 4.79 Å². The van der Waals surface area contributed by atoms with E-state index < -0.39 is 18.0 Å². The number of urea groups is 1. The zero-order valence-electron chi connectivity index (χ0n) is 12.4. The number of carbonyl (C=O) groups is 2. The molecule has 1 aromatic carbocycles. The summed E-state index contributed by atoms with van der Waals surface area (Å²) in [6.45, 7) is 1.96. The highest BCUT2D eigenvalue weighted by Gasteiger charge is 2.32. The number of rotatable bonds is 5. The number of phenols is 1. The molecule has 0 fully saturated rings. The largest absolute Gasteiger partial charge is 0.508 e. The van der Waals surface area contributed by atoms with Gasteiger partial charge in [0.15, 0.2) is 0 Å². The van der Waals surface area contributed by atoms with Crippen LogP contribution in [0.2, 0.25) is 0 Å². The predicted molar refractivity (Wildman–Crippen MR) is 84.6 cm³/mol. The first-order valence-corrected chi connectivity index (χ1v) is 8.15. The monoisotopic (exact) mass is 322 g/mol. The highest BCUT2D eigenvalue weighted by Crippen LogP contribution is 2.29. The molecule has 22 heavy (non-hydrogen) atoms. The van der Waals surface area contributed by atoms with Gasteiger partial charge in [-0.15, -0.1) is 0 Å². The summed E-state index contributed by atoms with van der Waals surface area (Å²) in [7, 11) is 0. The maximum atomic E-state index is 12.3. The van der Waals surface area contributed by atoms with E-state index in [2.05, 4.69) is 10.6 Å². The lowest BCUT2D eigenvalue weighted by atomic mass is 9.95. The normalized spacial score (nSPS) is 17.7. The van der Waals surface area contributed by atoms with Crippen molar-refractivity contribution < 1.29 is 19.4 Å². The van der Waals surface area contributed by atoms with E-state index in [1.165, 1.54) is 12.1 Å². The summed E-state index contributed by atoms with van der Waals surface area (Å²) < 4.78 is 5.24. The van der Waals surface area contributed by atoms with Crippen molar-refractivity contribution in [1.82, 2.24) is 10.6 Å². The number of amides is 2. The Morgan fingerprint density at radius 1 is 1.45 bits per heavy atom. The fourth-order valence-corrected chi connectivity index (χ4v) is 2.46.